The second kappa shape index (κ2) is 11.0. The summed E-state index contributed by atoms with van der Waals surface area (Å²) in [5, 5.41) is 8.55. The molecule has 138 valence electrons. The lowest BCUT2D eigenvalue weighted by Gasteiger charge is -2.24. The minimum atomic E-state index is -1.07. The van der Waals surface area contributed by atoms with Gasteiger partial charge in [-0.15, -0.1) is 0 Å². The Hall–Kier alpha value is -2.61. The highest BCUT2D eigenvalue weighted by atomic mass is 16.6. The molecule has 0 aromatic heterocycles. The summed E-state index contributed by atoms with van der Waals surface area (Å²) < 4.78 is 10.3. The number of nitrogens with two attached hydrogens (primary N) is 1. The molecule has 0 fully saturated rings. The lowest BCUT2D eigenvalue weighted by atomic mass is 10.2. The van der Waals surface area contributed by atoms with E-state index in [4.69, 9.17) is 20.3 Å². The summed E-state index contributed by atoms with van der Waals surface area (Å²) in [5.74, 6) is -1.70. The quantitative estimate of drug-likeness (QED) is 0.610. The Bertz CT molecular complexity index is 564. The van der Waals surface area contributed by atoms with Crippen molar-refractivity contribution in [2.45, 2.75) is 32.5 Å². The third-order valence-corrected chi connectivity index (χ3v) is 3.22. The van der Waals surface area contributed by atoms with Gasteiger partial charge >= 0.3 is 18.0 Å². The van der Waals surface area contributed by atoms with E-state index in [1.807, 2.05) is 30.3 Å². The fourth-order valence-corrected chi connectivity index (χ4v) is 2.06. The molecule has 0 aliphatic carbocycles. The van der Waals surface area contributed by atoms with Crippen LogP contribution in [-0.2, 0) is 25.7 Å². The van der Waals surface area contributed by atoms with E-state index in [-0.39, 0.29) is 39.1 Å². The molecular weight excluding hydrogens is 328 g/mol. The fraction of sp³-hybridized carbons (Fsp3) is 0.471. The number of aliphatic carboxylic acids is 1. The number of nitrogens with zero attached hydrogens (tertiary/aromatic N) is 1. The SMILES string of the molecule is CC(CN(CCN)C(=O)OCc1ccccc1)OC(=O)CCC(=O)O. The number of hydrogen-bond acceptors (Lipinski definition) is 6. The van der Waals surface area contributed by atoms with Crippen molar-refractivity contribution < 1.29 is 29.0 Å². The van der Waals surface area contributed by atoms with Crippen LogP contribution in [0, 0.1) is 0 Å². The van der Waals surface area contributed by atoms with Gasteiger partial charge < -0.3 is 25.2 Å². The summed E-state index contributed by atoms with van der Waals surface area (Å²) >= 11 is 0. The summed E-state index contributed by atoms with van der Waals surface area (Å²) in [5.41, 5.74) is 6.37. The van der Waals surface area contributed by atoms with Crippen LogP contribution in [0.4, 0.5) is 4.79 Å². The number of amides is 1. The molecule has 0 aliphatic rings. The maximum absolute atomic E-state index is 12.2. The van der Waals surface area contributed by atoms with Crippen molar-refractivity contribution in [1.82, 2.24) is 4.90 Å². The molecule has 0 saturated heterocycles. The molecule has 1 unspecified atom stereocenters. The van der Waals surface area contributed by atoms with Gasteiger partial charge in [-0.05, 0) is 12.5 Å². The van der Waals surface area contributed by atoms with E-state index in [0.717, 1.165) is 5.56 Å². The van der Waals surface area contributed by atoms with Crippen molar-refractivity contribution in [3.63, 3.8) is 0 Å². The first-order valence-corrected chi connectivity index (χ1v) is 7.99. The number of esters is 1. The average Bonchev–Trinajstić information content (AvgIpc) is 2.58. The van der Waals surface area contributed by atoms with Gasteiger partial charge in [0.2, 0.25) is 0 Å². The zero-order valence-corrected chi connectivity index (χ0v) is 14.2. The Labute approximate surface area is 146 Å². The van der Waals surface area contributed by atoms with Crippen molar-refractivity contribution in [1.29, 1.82) is 0 Å². The highest BCUT2D eigenvalue weighted by Gasteiger charge is 2.20. The normalized spacial score (nSPS) is 11.4. The van der Waals surface area contributed by atoms with Gasteiger partial charge in [-0.3, -0.25) is 9.59 Å². The zero-order valence-electron chi connectivity index (χ0n) is 14.2. The van der Waals surface area contributed by atoms with Crippen molar-refractivity contribution in [2.24, 2.45) is 5.73 Å². The minimum Gasteiger partial charge on any atom is -0.481 e. The van der Waals surface area contributed by atoms with E-state index in [2.05, 4.69) is 0 Å². The molecule has 25 heavy (non-hydrogen) atoms. The molecular formula is C17H24N2O6. The van der Waals surface area contributed by atoms with E-state index in [9.17, 15) is 14.4 Å². The van der Waals surface area contributed by atoms with E-state index < -0.39 is 24.1 Å². The second-order valence-electron chi connectivity index (χ2n) is 5.47. The molecule has 1 amide bonds. The summed E-state index contributed by atoms with van der Waals surface area (Å²) in [6.45, 7) is 2.36. The lowest BCUT2D eigenvalue weighted by molar-refractivity contribution is -0.151. The fourth-order valence-electron chi connectivity index (χ4n) is 2.06. The lowest BCUT2D eigenvalue weighted by Crippen LogP contribution is -2.41. The highest BCUT2D eigenvalue weighted by molar-refractivity contribution is 5.76. The Morgan fingerprint density at radius 3 is 2.48 bits per heavy atom. The van der Waals surface area contributed by atoms with Gasteiger partial charge in [0.1, 0.15) is 12.7 Å². The number of hydrogen-bond donors (Lipinski definition) is 2. The van der Waals surface area contributed by atoms with Crippen molar-refractivity contribution >= 4 is 18.0 Å². The summed E-state index contributed by atoms with van der Waals surface area (Å²) in [6.07, 6.45) is -1.66. The third kappa shape index (κ3) is 8.71. The molecule has 0 radical (unpaired) electrons. The molecule has 0 heterocycles. The standard InChI is InChI=1S/C17H24N2O6/c1-13(25-16(22)8-7-15(20)21)11-19(10-9-18)17(23)24-12-14-5-3-2-4-6-14/h2-6,13H,7-12,18H2,1H3,(H,20,21). The molecule has 3 N–H and O–H groups in total. The topological polar surface area (TPSA) is 119 Å². The van der Waals surface area contributed by atoms with Crippen LogP contribution in [0.15, 0.2) is 30.3 Å². The first kappa shape index (κ1) is 20.4. The first-order chi connectivity index (χ1) is 11.9. The number of carboxylic acids is 1. The molecule has 8 nitrogen and oxygen atoms in total. The second-order valence-corrected chi connectivity index (χ2v) is 5.47. The van der Waals surface area contributed by atoms with Crippen LogP contribution in [0.2, 0.25) is 0 Å². The van der Waals surface area contributed by atoms with Gasteiger partial charge in [-0.2, -0.15) is 0 Å². The number of rotatable bonds is 10. The maximum Gasteiger partial charge on any atom is 0.410 e. The zero-order chi connectivity index (χ0) is 18.7. The van der Waals surface area contributed by atoms with E-state index in [1.165, 1.54) is 4.90 Å². The van der Waals surface area contributed by atoms with Crippen molar-refractivity contribution in [3.05, 3.63) is 35.9 Å². The Morgan fingerprint density at radius 1 is 1.20 bits per heavy atom. The van der Waals surface area contributed by atoms with Crippen LogP contribution >= 0.6 is 0 Å². The van der Waals surface area contributed by atoms with Gasteiger partial charge in [0.15, 0.2) is 0 Å². The smallest absolute Gasteiger partial charge is 0.410 e. The predicted octanol–water partition coefficient (Wildman–Crippen LogP) is 1.38. The van der Waals surface area contributed by atoms with Crippen LogP contribution in [0.25, 0.3) is 0 Å². The van der Waals surface area contributed by atoms with Crippen LogP contribution in [0.5, 0.6) is 0 Å². The number of ether oxygens (including phenoxy) is 2. The molecule has 0 bridgehead atoms. The largest absolute Gasteiger partial charge is 0.481 e. The van der Waals surface area contributed by atoms with E-state index in [1.54, 1.807) is 6.92 Å². The van der Waals surface area contributed by atoms with Crippen LogP contribution in [0.3, 0.4) is 0 Å². The van der Waals surface area contributed by atoms with Gasteiger partial charge in [-0.1, -0.05) is 30.3 Å². The minimum absolute atomic E-state index is 0.115. The van der Waals surface area contributed by atoms with Gasteiger partial charge in [-0.25, -0.2) is 4.79 Å². The monoisotopic (exact) mass is 352 g/mol. The maximum atomic E-state index is 12.2. The highest BCUT2D eigenvalue weighted by Crippen LogP contribution is 2.06. The van der Waals surface area contributed by atoms with Gasteiger partial charge in [0, 0.05) is 13.1 Å². The average molecular weight is 352 g/mol. The predicted molar refractivity (Wildman–Crippen MR) is 89.7 cm³/mol. The first-order valence-electron chi connectivity index (χ1n) is 7.99. The van der Waals surface area contributed by atoms with Crippen LogP contribution in [0.1, 0.15) is 25.3 Å². The van der Waals surface area contributed by atoms with Crippen LogP contribution in [-0.4, -0.2) is 53.8 Å². The van der Waals surface area contributed by atoms with Gasteiger partial charge in [0.25, 0.3) is 0 Å². The van der Waals surface area contributed by atoms with Crippen molar-refractivity contribution in [3.8, 4) is 0 Å². The van der Waals surface area contributed by atoms with Gasteiger partial charge in [0.05, 0.1) is 19.4 Å². The number of benzene rings is 1. The molecule has 1 aromatic rings. The summed E-state index contributed by atoms with van der Waals surface area (Å²) in [4.78, 5) is 35.5. The number of carboxylic acid groups (broad SMARTS) is 1. The number of carbonyl (C=O) groups is 3. The molecule has 1 atom stereocenters. The Kier molecular flexibility index (Phi) is 9.02. The third-order valence-electron chi connectivity index (χ3n) is 3.22. The van der Waals surface area contributed by atoms with Crippen molar-refractivity contribution in [2.75, 3.05) is 19.6 Å². The Balaban J connectivity index is 2.47. The van der Waals surface area contributed by atoms with E-state index >= 15 is 0 Å². The Morgan fingerprint density at radius 2 is 1.88 bits per heavy atom. The number of carbonyl (C=O) groups excluding carboxylic acids is 2. The summed E-state index contributed by atoms with van der Waals surface area (Å²) in [6, 6.07) is 9.24. The molecule has 0 saturated carbocycles. The molecule has 1 aromatic carbocycles. The molecule has 0 aliphatic heterocycles. The molecule has 0 spiro atoms. The van der Waals surface area contributed by atoms with Crippen LogP contribution < -0.4 is 5.73 Å². The summed E-state index contributed by atoms with van der Waals surface area (Å²) in [7, 11) is 0. The molecule has 1 rings (SSSR count). The van der Waals surface area contributed by atoms with E-state index in [0.29, 0.717) is 0 Å². The molecule has 8 heteroatoms.